The molecular weight excluding hydrogens is 172 g/mol. The van der Waals surface area contributed by atoms with E-state index < -0.39 is 0 Å². The van der Waals surface area contributed by atoms with Gasteiger partial charge < -0.3 is 5.32 Å². The van der Waals surface area contributed by atoms with Crippen molar-refractivity contribution in [1.82, 2.24) is 10.2 Å². The Morgan fingerprint density at radius 3 is 2.79 bits per heavy atom. The summed E-state index contributed by atoms with van der Waals surface area (Å²) in [5, 5.41) is 3.44. The predicted molar refractivity (Wildman–Crippen MR) is 62.6 cm³/mol. The molecule has 0 bridgehead atoms. The van der Waals surface area contributed by atoms with E-state index in [0.717, 1.165) is 12.6 Å². The maximum absolute atomic E-state index is 3.44. The van der Waals surface area contributed by atoms with Crippen LogP contribution in [0.3, 0.4) is 0 Å². The Balaban J connectivity index is 2.41. The topological polar surface area (TPSA) is 15.3 Å². The van der Waals surface area contributed by atoms with E-state index in [9.17, 15) is 0 Å². The van der Waals surface area contributed by atoms with Gasteiger partial charge in [-0.3, -0.25) is 4.90 Å². The lowest BCUT2D eigenvalue weighted by Crippen LogP contribution is -2.37. The Morgan fingerprint density at radius 2 is 2.29 bits per heavy atom. The Labute approximate surface area is 88.4 Å². The first-order valence-electron chi connectivity index (χ1n) is 5.82. The summed E-state index contributed by atoms with van der Waals surface area (Å²) in [5.74, 6) is 0. The molecule has 14 heavy (non-hydrogen) atoms. The van der Waals surface area contributed by atoms with Gasteiger partial charge in [-0.1, -0.05) is 18.6 Å². The lowest BCUT2D eigenvalue weighted by molar-refractivity contribution is 0.231. The van der Waals surface area contributed by atoms with Crippen LogP contribution in [-0.2, 0) is 0 Å². The standard InChI is InChI=1S/C12H24N2/c1-4-8-14(9-6-11(2)3)12-5-7-13-10-12/h6,12-13H,4-5,7-10H2,1-3H3. The first kappa shape index (κ1) is 11.7. The Bertz CT molecular complexity index is 177. The van der Waals surface area contributed by atoms with Gasteiger partial charge in [-0.15, -0.1) is 0 Å². The van der Waals surface area contributed by atoms with Crippen LogP contribution in [0.5, 0.6) is 0 Å². The van der Waals surface area contributed by atoms with Crippen LogP contribution in [-0.4, -0.2) is 37.1 Å². The van der Waals surface area contributed by atoms with Crippen LogP contribution in [0, 0.1) is 0 Å². The SMILES string of the molecule is CCCN(CC=C(C)C)C1CCNC1. The smallest absolute Gasteiger partial charge is 0.0236 e. The molecule has 1 atom stereocenters. The van der Waals surface area contributed by atoms with E-state index in [-0.39, 0.29) is 0 Å². The molecular formula is C12H24N2. The zero-order chi connectivity index (χ0) is 10.4. The van der Waals surface area contributed by atoms with Crippen LogP contribution in [0.2, 0.25) is 0 Å². The lowest BCUT2D eigenvalue weighted by Gasteiger charge is -2.26. The largest absolute Gasteiger partial charge is 0.315 e. The highest BCUT2D eigenvalue weighted by Crippen LogP contribution is 2.09. The fourth-order valence-corrected chi connectivity index (χ4v) is 1.96. The minimum absolute atomic E-state index is 0.769. The zero-order valence-corrected chi connectivity index (χ0v) is 9.84. The van der Waals surface area contributed by atoms with Crippen molar-refractivity contribution in [3.63, 3.8) is 0 Å². The quantitative estimate of drug-likeness (QED) is 0.677. The molecule has 1 aliphatic heterocycles. The van der Waals surface area contributed by atoms with Crippen molar-refractivity contribution in [2.75, 3.05) is 26.2 Å². The summed E-state index contributed by atoms with van der Waals surface area (Å²) < 4.78 is 0. The molecule has 1 aliphatic rings. The van der Waals surface area contributed by atoms with Crippen LogP contribution in [0.15, 0.2) is 11.6 Å². The second kappa shape index (κ2) is 6.20. The summed E-state index contributed by atoms with van der Waals surface area (Å²) >= 11 is 0. The summed E-state index contributed by atoms with van der Waals surface area (Å²) in [6, 6.07) is 0.769. The molecule has 0 saturated carbocycles. The van der Waals surface area contributed by atoms with Gasteiger partial charge in [0.2, 0.25) is 0 Å². The first-order valence-corrected chi connectivity index (χ1v) is 5.82. The zero-order valence-electron chi connectivity index (χ0n) is 9.84. The molecule has 1 rings (SSSR count). The predicted octanol–water partition coefficient (Wildman–Crippen LogP) is 2.03. The third kappa shape index (κ3) is 3.81. The van der Waals surface area contributed by atoms with Crippen LogP contribution in [0.4, 0.5) is 0 Å². The van der Waals surface area contributed by atoms with E-state index >= 15 is 0 Å². The van der Waals surface area contributed by atoms with E-state index in [4.69, 9.17) is 0 Å². The minimum Gasteiger partial charge on any atom is -0.315 e. The van der Waals surface area contributed by atoms with Gasteiger partial charge in [0.25, 0.3) is 0 Å². The van der Waals surface area contributed by atoms with E-state index in [0.29, 0.717) is 0 Å². The Hall–Kier alpha value is -0.340. The number of rotatable bonds is 5. The average molecular weight is 196 g/mol. The second-order valence-electron chi connectivity index (χ2n) is 4.42. The van der Waals surface area contributed by atoms with Crippen molar-refractivity contribution < 1.29 is 0 Å². The fraction of sp³-hybridized carbons (Fsp3) is 0.833. The van der Waals surface area contributed by atoms with Crippen molar-refractivity contribution >= 4 is 0 Å². The van der Waals surface area contributed by atoms with Crippen LogP contribution in [0.1, 0.15) is 33.6 Å². The van der Waals surface area contributed by atoms with Crippen LogP contribution < -0.4 is 5.32 Å². The molecule has 1 heterocycles. The molecule has 1 saturated heterocycles. The maximum Gasteiger partial charge on any atom is 0.0236 e. The molecule has 1 N–H and O–H groups in total. The van der Waals surface area contributed by atoms with Gasteiger partial charge in [0.05, 0.1) is 0 Å². The molecule has 1 unspecified atom stereocenters. The van der Waals surface area contributed by atoms with Crippen molar-refractivity contribution in [2.45, 2.75) is 39.7 Å². The number of allylic oxidation sites excluding steroid dienone is 1. The Kier molecular flexibility index (Phi) is 5.20. The van der Waals surface area contributed by atoms with E-state index in [1.807, 2.05) is 0 Å². The molecule has 0 amide bonds. The molecule has 0 aliphatic carbocycles. The summed E-state index contributed by atoms with van der Waals surface area (Å²) in [7, 11) is 0. The van der Waals surface area contributed by atoms with Crippen molar-refractivity contribution in [3.8, 4) is 0 Å². The molecule has 1 fully saturated rings. The molecule has 2 nitrogen and oxygen atoms in total. The van der Waals surface area contributed by atoms with Crippen LogP contribution in [0.25, 0.3) is 0 Å². The van der Waals surface area contributed by atoms with E-state index in [2.05, 4.69) is 37.1 Å². The number of hydrogen-bond donors (Lipinski definition) is 1. The Morgan fingerprint density at radius 1 is 1.50 bits per heavy atom. The monoisotopic (exact) mass is 196 g/mol. The van der Waals surface area contributed by atoms with Gasteiger partial charge >= 0.3 is 0 Å². The van der Waals surface area contributed by atoms with Gasteiger partial charge in [0, 0.05) is 19.1 Å². The van der Waals surface area contributed by atoms with Crippen molar-refractivity contribution in [1.29, 1.82) is 0 Å². The summed E-state index contributed by atoms with van der Waals surface area (Å²) in [6.07, 6.45) is 4.91. The summed E-state index contributed by atoms with van der Waals surface area (Å²) in [5.41, 5.74) is 1.43. The first-order chi connectivity index (χ1) is 6.74. The van der Waals surface area contributed by atoms with Gasteiger partial charge in [-0.25, -0.2) is 0 Å². The second-order valence-corrected chi connectivity index (χ2v) is 4.42. The normalized spacial score (nSPS) is 21.6. The maximum atomic E-state index is 3.44. The van der Waals surface area contributed by atoms with Gasteiger partial charge in [-0.05, 0) is 39.8 Å². The number of hydrogen-bond acceptors (Lipinski definition) is 2. The molecule has 0 aromatic carbocycles. The average Bonchev–Trinajstić information content (AvgIpc) is 2.64. The van der Waals surface area contributed by atoms with Gasteiger partial charge in [0.15, 0.2) is 0 Å². The molecule has 2 heteroatoms. The minimum atomic E-state index is 0.769. The summed E-state index contributed by atoms with van der Waals surface area (Å²) in [6.45, 7) is 11.3. The highest BCUT2D eigenvalue weighted by molar-refractivity contribution is 4.96. The number of nitrogens with one attached hydrogen (secondary N) is 1. The third-order valence-corrected chi connectivity index (χ3v) is 2.80. The van der Waals surface area contributed by atoms with E-state index in [1.165, 1.54) is 38.0 Å². The highest BCUT2D eigenvalue weighted by Gasteiger charge is 2.20. The fourth-order valence-electron chi connectivity index (χ4n) is 1.96. The van der Waals surface area contributed by atoms with E-state index in [1.54, 1.807) is 0 Å². The molecule has 0 spiro atoms. The van der Waals surface area contributed by atoms with Gasteiger partial charge in [0.1, 0.15) is 0 Å². The third-order valence-electron chi connectivity index (χ3n) is 2.80. The van der Waals surface area contributed by atoms with Crippen LogP contribution >= 0.6 is 0 Å². The highest BCUT2D eigenvalue weighted by atomic mass is 15.2. The molecule has 82 valence electrons. The van der Waals surface area contributed by atoms with Gasteiger partial charge in [-0.2, -0.15) is 0 Å². The lowest BCUT2D eigenvalue weighted by atomic mass is 10.2. The molecule has 0 radical (unpaired) electrons. The number of nitrogens with zero attached hydrogens (tertiary/aromatic N) is 1. The van der Waals surface area contributed by atoms with Crippen molar-refractivity contribution in [3.05, 3.63) is 11.6 Å². The molecule has 0 aromatic rings. The molecule has 0 aromatic heterocycles. The van der Waals surface area contributed by atoms with Crippen molar-refractivity contribution in [2.24, 2.45) is 0 Å². The summed E-state index contributed by atoms with van der Waals surface area (Å²) in [4.78, 5) is 2.60.